The summed E-state index contributed by atoms with van der Waals surface area (Å²) >= 11 is 0. The minimum atomic E-state index is 0.931. The van der Waals surface area contributed by atoms with Crippen LogP contribution in [0.2, 0.25) is 0 Å². The molecule has 3 nitrogen and oxygen atoms in total. The zero-order valence-corrected chi connectivity index (χ0v) is 10.3. The van der Waals surface area contributed by atoms with Crippen molar-refractivity contribution < 1.29 is 0 Å². The van der Waals surface area contributed by atoms with E-state index in [4.69, 9.17) is 0 Å². The van der Waals surface area contributed by atoms with E-state index in [2.05, 4.69) is 27.7 Å². The Morgan fingerprint density at radius 2 is 1.62 bits per heavy atom. The fraction of sp³-hybridized carbons (Fsp3) is 0.846. The van der Waals surface area contributed by atoms with Gasteiger partial charge in [-0.2, -0.15) is 0 Å². The van der Waals surface area contributed by atoms with Gasteiger partial charge in [0.2, 0.25) is 0 Å². The molecule has 0 aliphatic carbocycles. The predicted molar refractivity (Wildman–Crippen MR) is 68.7 cm³/mol. The molecule has 2 heterocycles. The summed E-state index contributed by atoms with van der Waals surface area (Å²) in [4.78, 5) is 2.52. The SMILES string of the molecule is C(=C/CN1CCNCC1)/CC1CCNCC1. The highest BCUT2D eigenvalue weighted by atomic mass is 15.2. The van der Waals surface area contributed by atoms with Gasteiger partial charge in [-0.25, -0.2) is 0 Å². The van der Waals surface area contributed by atoms with Gasteiger partial charge in [0.25, 0.3) is 0 Å². The van der Waals surface area contributed by atoms with Gasteiger partial charge in [-0.1, -0.05) is 12.2 Å². The second-order valence-electron chi connectivity index (χ2n) is 4.95. The van der Waals surface area contributed by atoms with Crippen LogP contribution in [0.1, 0.15) is 19.3 Å². The van der Waals surface area contributed by atoms with Gasteiger partial charge in [-0.15, -0.1) is 0 Å². The third-order valence-electron chi connectivity index (χ3n) is 3.67. The van der Waals surface area contributed by atoms with Gasteiger partial charge < -0.3 is 10.6 Å². The third-order valence-corrected chi connectivity index (χ3v) is 3.67. The van der Waals surface area contributed by atoms with Gasteiger partial charge >= 0.3 is 0 Å². The Morgan fingerprint density at radius 1 is 0.938 bits per heavy atom. The number of nitrogens with one attached hydrogen (secondary N) is 2. The first kappa shape index (κ1) is 12.1. The van der Waals surface area contributed by atoms with Crippen LogP contribution in [0.15, 0.2) is 12.2 Å². The van der Waals surface area contributed by atoms with Crippen molar-refractivity contribution in [2.45, 2.75) is 19.3 Å². The Hall–Kier alpha value is -0.380. The number of nitrogens with zero attached hydrogens (tertiary/aromatic N) is 1. The summed E-state index contributed by atoms with van der Waals surface area (Å²) < 4.78 is 0. The van der Waals surface area contributed by atoms with Crippen LogP contribution >= 0.6 is 0 Å². The molecule has 2 N–H and O–H groups in total. The molecule has 0 radical (unpaired) electrons. The van der Waals surface area contributed by atoms with Crippen LogP contribution in [0.25, 0.3) is 0 Å². The molecule has 2 rings (SSSR count). The molecule has 2 aliphatic heterocycles. The Labute approximate surface area is 99.3 Å². The first-order valence-electron chi connectivity index (χ1n) is 6.74. The molecule has 2 aliphatic rings. The van der Waals surface area contributed by atoms with E-state index in [1.807, 2.05) is 0 Å². The number of piperazine rings is 1. The molecule has 2 fully saturated rings. The summed E-state index contributed by atoms with van der Waals surface area (Å²) in [7, 11) is 0. The van der Waals surface area contributed by atoms with Crippen LogP contribution in [0, 0.1) is 5.92 Å². The van der Waals surface area contributed by atoms with E-state index in [0.717, 1.165) is 25.6 Å². The highest BCUT2D eigenvalue weighted by Crippen LogP contribution is 2.15. The maximum absolute atomic E-state index is 3.42. The summed E-state index contributed by atoms with van der Waals surface area (Å²) in [5, 5.41) is 6.80. The zero-order valence-electron chi connectivity index (χ0n) is 10.3. The van der Waals surface area contributed by atoms with E-state index in [9.17, 15) is 0 Å². The summed E-state index contributed by atoms with van der Waals surface area (Å²) in [6.07, 6.45) is 8.77. The number of hydrogen-bond donors (Lipinski definition) is 2. The van der Waals surface area contributed by atoms with Crippen molar-refractivity contribution in [1.29, 1.82) is 0 Å². The summed E-state index contributed by atoms with van der Waals surface area (Å²) in [6.45, 7) is 8.30. The largest absolute Gasteiger partial charge is 0.317 e. The number of hydrogen-bond acceptors (Lipinski definition) is 3. The van der Waals surface area contributed by atoms with Gasteiger partial charge in [0.1, 0.15) is 0 Å². The van der Waals surface area contributed by atoms with Gasteiger partial charge in [-0.05, 0) is 38.3 Å². The maximum Gasteiger partial charge on any atom is 0.0164 e. The van der Waals surface area contributed by atoms with Crippen molar-refractivity contribution in [2.24, 2.45) is 5.92 Å². The molecule has 0 unspecified atom stereocenters. The lowest BCUT2D eigenvalue weighted by molar-refractivity contribution is 0.264. The quantitative estimate of drug-likeness (QED) is 0.692. The van der Waals surface area contributed by atoms with Crippen molar-refractivity contribution >= 4 is 0 Å². The van der Waals surface area contributed by atoms with Crippen LogP contribution in [-0.4, -0.2) is 50.7 Å². The number of allylic oxidation sites excluding steroid dienone is 1. The Morgan fingerprint density at radius 3 is 2.38 bits per heavy atom. The fourth-order valence-corrected chi connectivity index (χ4v) is 2.52. The van der Waals surface area contributed by atoms with Crippen molar-refractivity contribution in [1.82, 2.24) is 15.5 Å². The van der Waals surface area contributed by atoms with E-state index in [1.54, 1.807) is 0 Å². The van der Waals surface area contributed by atoms with Crippen LogP contribution in [0.4, 0.5) is 0 Å². The minimum Gasteiger partial charge on any atom is -0.317 e. The zero-order chi connectivity index (χ0) is 11.1. The molecule has 0 spiro atoms. The number of rotatable bonds is 4. The van der Waals surface area contributed by atoms with Crippen molar-refractivity contribution in [3.05, 3.63) is 12.2 Å². The monoisotopic (exact) mass is 223 g/mol. The molecule has 92 valence electrons. The second-order valence-corrected chi connectivity index (χ2v) is 4.95. The Bertz CT molecular complexity index is 181. The highest BCUT2D eigenvalue weighted by Gasteiger charge is 2.11. The van der Waals surface area contributed by atoms with E-state index in [-0.39, 0.29) is 0 Å². The van der Waals surface area contributed by atoms with Gasteiger partial charge in [0, 0.05) is 32.7 Å². The molecule has 3 heteroatoms. The van der Waals surface area contributed by atoms with Gasteiger partial charge in [-0.3, -0.25) is 4.90 Å². The lowest BCUT2D eigenvalue weighted by atomic mass is 9.94. The first-order chi connectivity index (χ1) is 7.95. The summed E-state index contributed by atoms with van der Waals surface area (Å²) in [5.41, 5.74) is 0. The molecular weight excluding hydrogens is 198 g/mol. The molecule has 0 amide bonds. The molecule has 0 aromatic carbocycles. The summed E-state index contributed by atoms with van der Waals surface area (Å²) in [5.74, 6) is 0.931. The normalized spacial score (nSPS) is 25.2. The molecule has 0 saturated carbocycles. The Kier molecular flexibility index (Phi) is 5.32. The first-order valence-corrected chi connectivity index (χ1v) is 6.74. The molecule has 0 aromatic heterocycles. The lowest BCUT2D eigenvalue weighted by Crippen LogP contribution is -2.43. The molecule has 0 bridgehead atoms. The lowest BCUT2D eigenvalue weighted by Gasteiger charge is -2.26. The number of piperidine rings is 1. The van der Waals surface area contributed by atoms with Crippen molar-refractivity contribution in [3.8, 4) is 0 Å². The van der Waals surface area contributed by atoms with Crippen molar-refractivity contribution in [3.63, 3.8) is 0 Å². The fourth-order valence-electron chi connectivity index (χ4n) is 2.52. The summed E-state index contributed by atoms with van der Waals surface area (Å²) in [6, 6.07) is 0. The molecule has 2 saturated heterocycles. The topological polar surface area (TPSA) is 27.3 Å². The molecule has 0 aromatic rings. The van der Waals surface area contributed by atoms with E-state index >= 15 is 0 Å². The van der Waals surface area contributed by atoms with Crippen LogP contribution in [0.3, 0.4) is 0 Å². The smallest absolute Gasteiger partial charge is 0.0164 e. The van der Waals surface area contributed by atoms with Crippen LogP contribution in [-0.2, 0) is 0 Å². The molecule has 16 heavy (non-hydrogen) atoms. The van der Waals surface area contributed by atoms with Crippen LogP contribution in [0.5, 0.6) is 0 Å². The average Bonchev–Trinajstić information content (AvgIpc) is 2.37. The molecular formula is C13H25N3. The minimum absolute atomic E-state index is 0.931. The average molecular weight is 223 g/mol. The van der Waals surface area contributed by atoms with Gasteiger partial charge in [0.15, 0.2) is 0 Å². The van der Waals surface area contributed by atoms with Gasteiger partial charge in [0.05, 0.1) is 0 Å². The van der Waals surface area contributed by atoms with Crippen molar-refractivity contribution in [2.75, 3.05) is 45.8 Å². The Balaban J connectivity index is 1.57. The van der Waals surface area contributed by atoms with Crippen LogP contribution < -0.4 is 10.6 Å². The molecule has 0 atom stereocenters. The van der Waals surface area contributed by atoms with E-state index in [1.165, 1.54) is 45.4 Å². The second kappa shape index (κ2) is 7.05. The maximum atomic E-state index is 3.42. The predicted octanol–water partition coefficient (Wildman–Crippen LogP) is 0.838. The highest BCUT2D eigenvalue weighted by molar-refractivity contribution is 4.88. The van der Waals surface area contributed by atoms with E-state index < -0.39 is 0 Å². The third kappa shape index (κ3) is 4.24. The standard InChI is InChI=1S/C13H25N3/c1(3-13-4-6-14-7-5-13)2-10-16-11-8-15-9-12-16/h1-2,13-15H,3-12H2/b2-1-. The van der Waals surface area contributed by atoms with E-state index in [0.29, 0.717) is 0 Å².